The van der Waals surface area contributed by atoms with Crippen molar-refractivity contribution in [2.75, 3.05) is 25.5 Å². The lowest BCUT2D eigenvalue weighted by molar-refractivity contribution is 0.342. The maximum Gasteiger partial charge on any atom is 0.223 e. The zero-order valence-corrected chi connectivity index (χ0v) is 16.3. The molecular formula is C20H24FN7O. The Morgan fingerprint density at radius 3 is 2.86 bits per heavy atom. The average Bonchev–Trinajstić information content (AvgIpc) is 3.49. The van der Waals surface area contributed by atoms with Crippen LogP contribution in [0.1, 0.15) is 37.3 Å². The molecule has 0 spiro atoms. The van der Waals surface area contributed by atoms with Crippen LogP contribution in [0.2, 0.25) is 0 Å². The molecule has 9 heteroatoms. The van der Waals surface area contributed by atoms with Gasteiger partial charge in [-0.15, -0.1) is 0 Å². The van der Waals surface area contributed by atoms with Gasteiger partial charge in [0.05, 0.1) is 25.0 Å². The number of alkyl halides is 1. The van der Waals surface area contributed by atoms with Crippen LogP contribution >= 0.6 is 0 Å². The highest BCUT2D eigenvalue weighted by atomic mass is 19.1. The highest BCUT2D eigenvalue weighted by Gasteiger charge is 2.27. The van der Waals surface area contributed by atoms with E-state index in [-0.39, 0.29) is 6.04 Å². The fraction of sp³-hybridized carbons (Fsp3) is 0.500. The third kappa shape index (κ3) is 3.39. The number of methoxy groups -OCH3 is 1. The first-order valence-corrected chi connectivity index (χ1v) is 10.1. The lowest BCUT2D eigenvalue weighted by Gasteiger charge is -2.15. The molecule has 3 aromatic rings. The monoisotopic (exact) mass is 397 g/mol. The molecule has 0 radical (unpaired) electrons. The summed E-state index contributed by atoms with van der Waals surface area (Å²) in [6, 6.07) is 3.42. The second-order valence-corrected chi connectivity index (χ2v) is 7.68. The van der Waals surface area contributed by atoms with Crippen molar-refractivity contribution in [2.24, 2.45) is 0 Å². The average molecular weight is 397 g/mol. The van der Waals surface area contributed by atoms with Crippen LogP contribution in [0.25, 0.3) is 17.0 Å². The number of hydrogen-bond donors (Lipinski definition) is 2. The Kier molecular flexibility index (Phi) is 4.75. The molecule has 2 unspecified atom stereocenters. The fourth-order valence-corrected chi connectivity index (χ4v) is 4.26. The number of fused-ring (bicyclic) bond motifs is 1. The molecule has 0 bridgehead atoms. The number of imidazole rings is 1. The molecule has 2 atom stereocenters. The van der Waals surface area contributed by atoms with Crippen molar-refractivity contribution in [3.8, 4) is 17.1 Å². The minimum atomic E-state index is -0.957. The van der Waals surface area contributed by atoms with Gasteiger partial charge in [0.2, 0.25) is 5.95 Å². The van der Waals surface area contributed by atoms with Crippen molar-refractivity contribution in [3.05, 3.63) is 30.2 Å². The van der Waals surface area contributed by atoms with Gasteiger partial charge >= 0.3 is 0 Å². The number of halogens is 1. The minimum Gasteiger partial charge on any atom is -0.495 e. The molecule has 2 fully saturated rings. The largest absolute Gasteiger partial charge is 0.495 e. The molecule has 2 aliphatic rings. The summed E-state index contributed by atoms with van der Waals surface area (Å²) < 4.78 is 21.3. The second kappa shape index (κ2) is 7.55. The molecule has 1 aliphatic heterocycles. The molecule has 5 rings (SSSR count). The number of nitrogens with one attached hydrogen (secondary N) is 2. The van der Waals surface area contributed by atoms with Gasteiger partial charge in [-0.3, -0.25) is 0 Å². The maximum absolute atomic E-state index is 13.9. The fourth-order valence-electron chi connectivity index (χ4n) is 4.26. The van der Waals surface area contributed by atoms with E-state index in [1.54, 1.807) is 19.5 Å². The van der Waals surface area contributed by atoms with Crippen LogP contribution in [-0.4, -0.2) is 57.0 Å². The predicted molar refractivity (Wildman–Crippen MR) is 107 cm³/mol. The van der Waals surface area contributed by atoms with Gasteiger partial charge in [-0.25, -0.2) is 23.9 Å². The van der Waals surface area contributed by atoms with Gasteiger partial charge in [-0.1, -0.05) is 12.8 Å². The van der Waals surface area contributed by atoms with Crippen molar-refractivity contribution in [2.45, 2.75) is 43.8 Å². The summed E-state index contributed by atoms with van der Waals surface area (Å²) >= 11 is 0. The predicted octanol–water partition coefficient (Wildman–Crippen LogP) is 2.57. The Balaban J connectivity index is 1.51. The summed E-state index contributed by atoms with van der Waals surface area (Å²) in [6.45, 7) is 0.900. The lowest BCUT2D eigenvalue weighted by Crippen LogP contribution is -2.30. The quantitative estimate of drug-likeness (QED) is 0.684. The Morgan fingerprint density at radius 2 is 2.10 bits per heavy atom. The molecule has 1 aliphatic carbocycles. The molecule has 0 amide bonds. The first kappa shape index (κ1) is 18.2. The van der Waals surface area contributed by atoms with E-state index in [1.165, 1.54) is 12.8 Å². The van der Waals surface area contributed by atoms with Gasteiger partial charge in [-0.05, 0) is 18.9 Å². The number of ether oxygens (including phenoxy) is 1. The van der Waals surface area contributed by atoms with E-state index >= 15 is 0 Å². The Bertz CT molecular complexity index is 1020. The highest BCUT2D eigenvalue weighted by molar-refractivity contribution is 5.61. The highest BCUT2D eigenvalue weighted by Crippen LogP contribution is 2.38. The molecule has 4 heterocycles. The molecule has 1 saturated carbocycles. The van der Waals surface area contributed by atoms with Crippen molar-refractivity contribution in [1.82, 2.24) is 29.9 Å². The molecule has 2 N–H and O–H groups in total. The third-order valence-electron chi connectivity index (χ3n) is 5.82. The standard InChI is InChI=1S/C20H24FN7O/c1-29-17-8-18-24-11-16(28(18)27-19(17)12-4-2-3-5-12)14-6-7-23-20(25-14)26-15-10-22-9-13(15)21/h6-8,11-13,15,22H,2-5,9-10H2,1H3,(H,23,25,26). The molecule has 1 saturated heterocycles. The van der Waals surface area contributed by atoms with Crippen LogP contribution in [0.4, 0.5) is 10.3 Å². The van der Waals surface area contributed by atoms with Crippen LogP contribution in [0, 0.1) is 0 Å². The summed E-state index contributed by atoms with van der Waals surface area (Å²) in [4.78, 5) is 13.3. The molecule has 8 nitrogen and oxygen atoms in total. The lowest BCUT2D eigenvalue weighted by atomic mass is 10.0. The van der Waals surface area contributed by atoms with E-state index in [9.17, 15) is 4.39 Å². The number of hydrogen-bond acceptors (Lipinski definition) is 7. The summed E-state index contributed by atoms with van der Waals surface area (Å²) in [7, 11) is 1.67. The van der Waals surface area contributed by atoms with E-state index in [0.29, 0.717) is 36.3 Å². The molecule has 3 aromatic heterocycles. The molecule has 0 aromatic carbocycles. The van der Waals surface area contributed by atoms with Gasteiger partial charge < -0.3 is 15.4 Å². The maximum atomic E-state index is 13.9. The van der Waals surface area contributed by atoms with Crippen LogP contribution in [0.3, 0.4) is 0 Å². The topological polar surface area (TPSA) is 89.3 Å². The first-order chi connectivity index (χ1) is 14.2. The summed E-state index contributed by atoms with van der Waals surface area (Å²) in [5.74, 6) is 1.59. The van der Waals surface area contributed by atoms with Gasteiger partial charge in [-0.2, -0.15) is 5.10 Å². The second-order valence-electron chi connectivity index (χ2n) is 7.68. The van der Waals surface area contributed by atoms with E-state index in [0.717, 1.165) is 30.0 Å². The molecular weight excluding hydrogens is 373 g/mol. The third-order valence-corrected chi connectivity index (χ3v) is 5.82. The number of anilines is 1. The van der Waals surface area contributed by atoms with Gasteiger partial charge in [0.15, 0.2) is 5.65 Å². The number of nitrogens with zero attached hydrogens (tertiary/aromatic N) is 5. The van der Waals surface area contributed by atoms with E-state index < -0.39 is 6.17 Å². The number of rotatable bonds is 5. The Labute approximate surface area is 167 Å². The van der Waals surface area contributed by atoms with Crippen LogP contribution in [0.15, 0.2) is 24.5 Å². The van der Waals surface area contributed by atoms with E-state index in [2.05, 4.69) is 25.6 Å². The Morgan fingerprint density at radius 1 is 1.24 bits per heavy atom. The summed E-state index contributed by atoms with van der Waals surface area (Å²) in [6.07, 6.45) is 7.15. The molecule has 152 valence electrons. The summed E-state index contributed by atoms with van der Waals surface area (Å²) in [5.41, 5.74) is 3.14. The van der Waals surface area contributed by atoms with Gasteiger partial charge in [0, 0.05) is 31.3 Å². The summed E-state index contributed by atoms with van der Waals surface area (Å²) in [5, 5.41) is 11.0. The van der Waals surface area contributed by atoms with Crippen molar-refractivity contribution < 1.29 is 9.13 Å². The van der Waals surface area contributed by atoms with Crippen molar-refractivity contribution in [3.63, 3.8) is 0 Å². The van der Waals surface area contributed by atoms with Gasteiger partial charge in [0.1, 0.15) is 23.3 Å². The van der Waals surface area contributed by atoms with Crippen LogP contribution in [-0.2, 0) is 0 Å². The Hall–Kier alpha value is -2.81. The zero-order valence-electron chi connectivity index (χ0n) is 16.3. The number of aromatic nitrogens is 5. The molecule has 29 heavy (non-hydrogen) atoms. The van der Waals surface area contributed by atoms with Crippen molar-refractivity contribution in [1.29, 1.82) is 0 Å². The van der Waals surface area contributed by atoms with E-state index in [4.69, 9.17) is 9.84 Å². The van der Waals surface area contributed by atoms with E-state index in [1.807, 2.05) is 16.6 Å². The minimum absolute atomic E-state index is 0.330. The SMILES string of the molecule is COc1cc2ncc(-c3ccnc(NC4CNCC4F)n3)n2nc1C1CCCC1. The van der Waals surface area contributed by atoms with Crippen LogP contribution in [0.5, 0.6) is 5.75 Å². The smallest absolute Gasteiger partial charge is 0.223 e. The van der Waals surface area contributed by atoms with Gasteiger partial charge in [0.25, 0.3) is 0 Å². The first-order valence-electron chi connectivity index (χ1n) is 10.1. The zero-order chi connectivity index (χ0) is 19.8. The van der Waals surface area contributed by atoms with Crippen LogP contribution < -0.4 is 15.4 Å². The van der Waals surface area contributed by atoms with Crippen molar-refractivity contribution >= 4 is 11.6 Å². The normalized spacial score (nSPS) is 22.4.